The van der Waals surface area contributed by atoms with Crippen molar-refractivity contribution in [3.05, 3.63) is 71.3 Å². The number of carboxylic acid groups (broad SMARTS) is 1. The first-order valence-electron chi connectivity index (χ1n) is 11.8. The third kappa shape index (κ3) is 7.30. The zero-order chi connectivity index (χ0) is 28.3. The van der Waals surface area contributed by atoms with Gasteiger partial charge in [0.15, 0.2) is 12.1 Å². The molecule has 1 aromatic carbocycles. The molecule has 1 amide bonds. The topological polar surface area (TPSA) is 119 Å². The van der Waals surface area contributed by atoms with E-state index in [2.05, 4.69) is 41.4 Å². The average Bonchev–Trinajstić information content (AvgIpc) is 3.32. The Hall–Kier alpha value is -3.96. The second-order valence-corrected chi connectivity index (χ2v) is 10.4. The van der Waals surface area contributed by atoms with Gasteiger partial charge in [-0.1, -0.05) is 50.3 Å². The number of carbonyl (C=O) groups excluding carboxylic acids is 1. The average molecular weight is 534 g/mol. The van der Waals surface area contributed by atoms with Crippen LogP contribution in [0.15, 0.2) is 48.8 Å². The summed E-state index contributed by atoms with van der Waals surface area (Å²) in [6, 6.07) is 9.39. The van der Waals surface area contributed by atoms with Crippen molar-refractivity contribution in [1.82, 2.24) is 25.3 Å². The Bertz CT molecular complexity index is 1260. The first-order valence-corrected chi connectivity index (χ1v) is 11.8. The second kappa shape index (κ2) is 10.8. The summed E-state index contributed by atoms with van der Waals surface area (Å²) in [4.78, 5) is 28.8. The van der Waals surface area contributed by atoms with Crippen LogP contribution >= 0.6 is 0 Å². The van der Waals surface area contributed by atoms with Crippen LogP contribution in [-0.2, 0) is 27.0 Å². The molecule has 12 heteroatoms. The minimum Gasteiger partial charge on any atom is -0.483 e. The number of hydrogen-bond acceptors (Lipinski definition) is 6. The molecule has 3 rings (SSSR count). The summed E-state index contributed by atoms with van der Waals surface area (Å²) >= 11 is 0. The molecule has 0 aliphatic heterocycles. The fourth-order valence-corrected chi connectivity index (χ4v) is 3.41. The number of alkyl halides is 3. The number of benzene rings is 1. The molecule has 0 saturated carbocycles. The molecule has 0 aliphatic carbocycles. The fraction of sp³-hybridized carbons (Fsp3) is 0.423. The molecule has 204 valence electrons. The Balaban J connectivity index is 1.86. The maximum absolute atomic E-state index is 13.0. The van der Waals surface area contributed by atoms with Crippen molar-refractivity contribution in [2.24, 2.45) is 0 Å². The second-order valence-electron chi connectivity index (χ2n) is 10.4. The first kappa shape index (κ1) is 28.6. The molecule has 2 aromatic heterocycles. The van der Waals surface area contributed by atoms with E-state index in [-0.39, 0.29) is 34.9 Å². The Labute approximate surface area is 218 Å². The maximum Gasteiger partial charge on any atom is 0.422 e. The Morgan fingerprint density at radius 2 is 1.68 bits per heavy atom. The third-order valence-corrected chi connectivity index (χ3v) is 5.85. The smallest absolute Gasteiger partial charge is 0.422 e. The highest BCUT2D eigenvalue weighted by Crippen LogP contribution is 2.25. The molecule has 9 nitrogen and oxygen atoms in total. The highest BCUT2D eigenvalue weighted by Gasteiger charge is 2.33. The highest BCUT2D eigenvalue weighted by molar-refractivity contribution is 5.79. The van der Waals surface area contributed by atoms with E-state index in [0.717, 1.165) is 22.0 Å². The van der Waals surface area contributed by atoms with E-state index in [0.29, 0.717) is 0 Å². The lowest BCUT2D eigenvalue weighted by Crippen LogP contribution is -2.36. The number of aliphatic carboxylic acids is 1. The van der Waals surface area contributed by atoms with Crippen molar-refractivity contribution in [3.8, 4) is 5.75 Å². The van der Waals surface area contributed by atoms with E-state index in [4.69, 9.17) is 4.74 Å². The molecular formula is C26H30F3N5O4. The Morgan fingerprint density at radius 1 is 1.03 bits per heavy atom. The lowest BCUT2D eigenvalue weighted by Gasteiger charge is -2.20. The largest absolute Gasteiger partial charge is 0.483 e. The molecule has 0 saturated heterocycles. The predicted octanol–water partition coefficient (Wildman–Crippen LogP) is 4.18. The monoisotopic (exact) mass is 533 g/mol. The summed E-state index contributed by atoms with van der Waals surface area (Å²) in [6.07, 6.45) is -1.97. The first-order chi connectivity index (χ1) is 17.6. The fourth-order valence-electron chi connectivity index (χ4n) is 3.41. The van der Waals surface area contributed by atoms with Gasteiger partial charge in [-0.05, 0) is 42.5 Å². The third-order valence-electron chi connectivity index (χ3n) is 5.85. The number of nitrogens with zero attached hydrogens (tertiary/aromatic N) is 4. The molecule has 0 aliphatic rings. The van der Waals surface area contributed by atoms with Crippen LogP contribution in [0.1, 0.15) is 63.2 Å². The van der Waals surface area contributed by atoms with Crippen molar-refractivity contribution in [3.63, 3.8) is 0 Å². The van der Waals surface area contributed by atoms with E-state index in [1.54, 1.807) is 0 Å². The van der Waals surface area contributed by atoms with Crippen LogP contribution in [0.4, 0.5) is 13.2 Å². The van der Waals surface area contributed by atoms with Crippen LogP contribution in [0.25, 0.3) is 0 Å². The number of nitrogens with one attached hydrogen (secondary N) is 1. The number of pyridine rings is 1. The minimum absolute atomic E-state index is 0.0386. The van der Waals surface area contributed by atoms with Crippen LogP contribution in [0, 0.1) is 0 Å². The van der Waals surface area contributed by atoms with Crippen LogP contribution in [0.2, 0.25) is 0 Å². The zero-order valence-corrected chi connectivity index (χ0v) is 21.7. The van der Waals surface area contributed by atoms with Crippen molar-refractivity contribution in [2.45, 2.75) is 64.2 Å². The molecule has 0 fully saturated rings. The van der Waals surface area contributed by atoms with E-state index in [1.165, 1.54) is 32.2 Å². The summed E-state index contributed by atoms with van der Waals surface area (Å²) in [6.45, 7) is 7.67. The van der Waals surface area contributed by atoms with Gasteiger partial charge in [0.1, 0.15) is 17.5 Å². The quantitative estimate of drug-likeness (QED) is 0.424. The van der Waals surface area contributed by atoms with Crippen LogP contribution in [-0.4, -0.2) is 49.7 Å². The molecule has 0 spiro atoms. The van der Waals surface area contributed by atoms with Gasteiger partial charge in [-0.15, -0.1) is 5.10 Å². The Morgan fingerprint density at radius 3 is 2.21 bits per heavy atom. The number of amides is 1. The summed E-state index contributed by atoms with van der Waals surface area (Å²) in [7, 11) is 0. The Kier molecular flexibility index (Phi) is 8.13. The van der Waals surface area contributed by atoms with Crippen molar-refractivity contribution >= 4 is 11.9 Å². The van der Waals surface area contributed by atoms with Gasteiger partial charge in [0.2, 0.25) is 5.91 Å². The number of rotatable bonds is 9. The van der Waals surface area contributed by atoms with Crippen LogP contribution in [0.3, 0.4) is 0 Å². The van der Waals surface area contributed by atoms with Crippen LogP contribution < -0.4 is 10.1 Å². The van der Waals surface area contributed by atoms with Gasteiger partial charge in [-0.25, -0.2) is 9.48 Å². The summed E-state index contributed by atoms with van der Waals surface area (Å²) in [5, 5.41) is 20.3. The summed E-state index contributed by atoms with van der Waals surface area (Å²) < 4.78 is 43.3. The molecular weight excluding hydrogens is 503 g/mol. The van der Waals surface area contributed by atoms with Crippen LogP contribution in [0.5, 0.6) is 5.75 Å². The number of ether oxygens (including phenoxy) is 1. The van der Waals surface area contributed by atoms with E-state index in [9.17, 15) is 27.9 Å². The van der Waals surface area contributed by atoms with E-state index < -0.39 is 30.3 Å². The number of carboxylic acids is 1. The molecule has 3 aromatic rings. The van der Waals surface area contributed by atoms with Crippen molar-refractivity contribution in [2.75, 3.05) is 6.61 Å². The SMILES string of the molecule is CC(C)(C)c1ccc(CC(=O)N[C@@H](c2ccc(OCC(F)(F)F)cn2)c2cn(C(C)(C)C(=O)O)nn2)cc1. The lowest BCUT2D eigenvalue weighted by molar-refractivity contribution is -0.153. The summed E-state index contributed by atoms with van der Waals surface area (Å²) in [5.74, 6) is -1.62. The van der Waals surface area contributed by atoms with Gasteiger partial charge in [-0.2, -0.15) is 13.2 Å². The maximum atomic E-state index is 13.0. The molecule has 2 N–H and O–H groups in total. The van der Waals surface area contributed by atoms with Crippen molar-refractivity contribution in [1.29, 1.82) is 0 Å². The molecule has 1 atom stereocenters. The number of carbonyl (C=O) groups is 2. The molecule has 0 radical (unpaired) electrons. The van der Waals surface area contributed by atoms with Crippen molar-refractivity contribution < 1.29 is 32.6 Å². The molecule has 0 bridgehead atoms. The van der Waals surface area contributed by atoms with Gasteiger partial charge in [-0.3, -0.25) is 9.78 Å². The minimum atomic E-state index is -4.50. The zero-order valence-electron chi connectivity index (χ0n) is 21.7. The van der Waals surface area contributed by atoms with Gasteiger partial charge >= 0.3 is 12.1 Å². The molecule has 0 unspecified atom stereocenters. The van der Waals surface area contributed by atoms with Gasteiger partial charge in [0, 0.05) is 0 Å². The normalized spacial score (nSPS) is 13.2. The predicted molar refractivity (Wildman–Crippen MR) is 132 cm³/mol. The standard InChI is InChI=1S/C26H30F3N5O4/c1-24(2,3)17-8-6-16(7-9-17)12-21(35)31-22(20-14-34(33-32-20)25(4,5)23(36)37)19-11-10-18(13-30-19)38-15-26(27,28)29/h6-11,13-14,22H,12,15H2,1-5H3,(H,31,35)(H,36,37)/t22-/m0/s1. The number of hydrogen-bond donors (Lipinski definition) is 2. The number of halogens is 3. The molecule has 38 heavy (non-hydrogen) atoms. The van der Waals surface area contributed by atoms with E-state index >= 15 is 0 Å². The highest BCUT2D eigenvalue weighted by atomic mass is 19.4. The van der Waals surface area contributed by atoms with Gasteiger partial charge in [0.05, 0.1) is 24.5 Å². The van der Waals surface area contributed by atoms with Gasteiger partial charge < -0.3 is 15.2 Å². The van der Waals surface area contributed by atoms with E-state index in [1.807, 2.05) is 24.3 Å². The number of aromatic nitrogens is 4. The molecule has 2 heterocycles. The lowest BCUT2D eigenvalue weighted by atomic mass is 9.86. The summed E-state index contributed by atoms with van der Waals surface area (Å²) in [5.41, 5.74) is 0.886. The van der Waals surface area contributed by atoms with Gasteiger partial charge in [0.25, 0.3) is 0 Å².